The van der Waals surface area contributed by atoms with E-state index in [1.54, 1.807) is 19.3 Å². The topological polar surface area (TPSA) is 60.7 Å². The van der Waals surface area contributed by atoms with Crippen LogP contribution in [0.4, 0.5) is 0 Å². The minimum atomic E-state index is -0.215. The third-order valence-corrected chi connectivity index (χ3v) is 1.83. The molecule has 0 saturated heterocycles. The quantitative estimate of drug-likeness (QED) is 0.659. The van der Waals surface area contributed by atoms with E-state index < -0.39 is 0 Å². The fraction of sp³-hybridized carbons (Fsp3) is 0.111. The summed E-state index contributed by atoms with van der Waals surface area (Å²) in [4.78, 5) is 23.4. The van der Waals surface area contributed by atoms with Crippen molar-refractivity contribution in [3.63, 3.8) is 0 Å². The molecular formula is C9H8N4O. The van der Waals surface area contributed by atoms with Crippen LogP contribution in [0.1, 0.15) is 16.3 Å². The molecule has 0 fully saturated rings. The average Bonchev–Trinajstić information content (AvgIpc) is 2.65. The summed E-state index contributed by atoms with van der Waals surface area (Å²) in [5.74, 6) is 0.425. The molecule has 0 bridgehead atoms. The zero-order valence-electron chi connectivity index (χ0n) is 7.58. The van der Waals surface area contributed by atoms with Crippen LogP contribution in [0.3, 0.4) is 0 Å². The van der Waals surface area contributed by atoms with E-state index in [2.05, 4.69) is 15.0 Å². The highest BCUT2D eigenvalue weighted by Crippen LogP contribution is 2.00. The van der Waals surface area contributed by atoms with Crippen molar-refractivity contribution >= 4 is 5.91 Å². The Hall–Kier alpha value is -2.04. The Morgan fingerprint density at radius 3 is 2.71 bits per heavy atom. The summed E-state index contributed by atoms with van der Waals surface area (Å²) in [6, 6.07) is 0. The van der Waals surface area contributed by atoms with Crippen LogP contribution in [-0.4, -0.2) is 25.4 Å². The zero-order valence-corrected chi connectivity index (χ0v) is 7.58. The highest BCUT2D eigenvalue weighted by molar-refractivity contribution is 5.94. The molecule has 2 heterocycles. The zero-order chi connectivity index (χ0) is 9.97. The number of aromatic nitrogens is 4. The summed E-state index contributed by atoms with van der Waals surface area (Å²) >= 11 is 0. The third-order valence-electron chi connectivity index (χ3n) is 1.83. The molecule has 0 aliphatic heterocycles. The van der Waals surface area contributed by atoms with Gasteiger partial charge in [-0.3, -0.25) is 14.3 Å². The van der Waals surface area contributed by atoms with Gasteiger partial charge in [0.15, 0.2) is 0 Å². The molecule has 0 amide bonds. The molecule has 0 unspecified atom stereocenters. The first-order valence-electron chi connectivity index (χ1n) is 4.09. The van der Waals surface area contributed by atoms with Crippen molar-refractivity contribution in [2.75, 3.05) is 0 Å². The van der Waals surface area contributed by atoms with Crippen molar-refractivity contribution in [1.82, 2.24) is 19.5 Å². The molecule has 0 spiro atoms. The molecule has 2 rings (SSSR count). The lowest BCUT2D eigenvalue weighted by Gasteiger charge is -2.00. The van der Waals surface area contributed by atoms with Crippen LogP contribution in [-0.2, 0) is 0 Å². The second-order valence-corrected chi connectivity index (χ2v) is 2.74. The predicted octanol–water partition coefficient (Wildman–Crippen LogP) is 0.670. The molecule has 0 saturated carbocycles. The Balaban J connectivity index is 2.39. The number of nitrogens with zero attached hydrogens (tertiary/aromatic N) is 4. The van der Waals surface area contributed by atoms with Gasteiger partial charge in [-0.1, -0.05) is 0 Å². The minimum Gasteiger partial charge on any atom is -0.268 e. The molecule has 0 atom stereocenters. The van der Waals surface area contributed by atoms with Gasteiger partial charge in [0.1, 0.15) is 11.5 Å². The summed E-state index contributed by atoms with van der Waals surface area (Å²) in [6.45, 7) is 1.76. The number of carbonyl (C=O) groups is 1. The number of imidazole rings is 1. The monoisotopic (exact) mass is 188 g/mol. The molecular weight excluding hydrogens is 180 g/mol. The van der Waals surface area contributed by atoms with Gasteiger partial charge in [-0.05, 0) is 6.92 Å². The number of aryl methyl sites for hydroxylation is 1. The maximum Gasteiger partial charge on any atom is 0.283 e. The molecule has 0 N–H and O–H groups in total. The SMILES string of the molecule is Cc1nccn1C(=O)c1cnccn1. The van der Waals surface area contributed by atoms with Gasteiger partial charge >= 0.3 is 0 Å². The summed E-state index contributed by atoms with van der Waals surface area (Å²) in [6.07, 6.45) is 7.62. The molecule has 14 heavy (non-hydrogen) atoms. The Morgan fingerprint density at radius 1 is 1.29 bits per heavy atom. The normalized spacial score (nSPS) is 10.1. The van der Waals surface area contributed by atoms with Crippen LogP contribution >= 0.6 is 0 Å². The Kier molecular flexibility index (Phi) is 2.06. The van der Waals surface area contributed by atoms with Crippen LogP contribution in [0.25, 0.3) is 0 Å². The highest BCUT2D eigenvalue weighted by Gasteiger charge is 2.11. The number of rotatable bonds is 1. The summed E-state index contributed by atoms with van der Waals surface area (Å²) in [7, 11) is 0. The largest absolute Gasteiger partial charge is 0.283 e. The molecule has 0 aliphatic rings. The van der Waals surface area contributed by atoms with E-state index in [1.807, 2.05) is 0 Å². The van der Waals surface area contributed by atoms with Crippen LogP contribution in [0.15, 0.2) is 31.0 Å². The number of carbonyl (C=O) groups excluding carboxylic acids is 1. The first-order valence-corrected chi connectivity index (χ1v) is 4.09. The Morgan fingerprint density at radius 2 is 2.14 bits per heavy atom. The first-order chi connectivity index (χ1) is 6.79. The van der Waals surface area contributed by atoms with Gasteiger partial charge in [0.25, 0.3) is 5.91 Å². The molecule has 2 aromatic rings. The molecule has 5 nitrogen and oxygen atoms in total. The lowest BCUT2D eigenvalue weighted by atomic mass is 10.4. The fourth-order valence-electron chi connectivity index (χ4n) is 1.13. The van der Waals surface area contributed by atoms with E-state index in [-0.39, 0.29) is 5.91 Å². The van der Waals surface area contributed by atoms with Crippen molar-refractivity contribution in [1.29, 1.82) is 0 Å². The molecule has 2 aromatic heterocycles. The lowest BCUT2D eigenvalue weighted by Crippen LogP contribution is -2.14. The van der Waals surface area contributed by atoms with E-state index in [0.29, 0.717) is 11.5 Å². The second-order valence-electron chi connectivity index (χ2n) is 2.74. The second kappa shape index (κ2) is 3.37. The van der Waals surface area contributed by atoms with Gasteiger partial charge in [-0.25, -0.2) is 9.97 Å². The van der Waals surface area contributed by atoms with Gasteiger partial charge in [-0.15, -0.1) is 0 Å². The summed E-state index contributed by atoms with van der Waals surface area (Å²) < 4.78 is 1.43. The van der Waals surface area contributed by atoms with Crippen molar-refractivity contribution in [2.24, 2.45) is 0 Å². The van der Waals surface area contributed by atoms with Crippen LogP contribution < -0.4 is 0 Å². The van der Waals surface area contributed by atoms with E-state index in [0.717, 1.165) is 0 Å². The molecule has 5 heteroatoms. The summed E-state index contributed by atoms with van der Waals surface area (Å²) in [5, 5.41) is 0. The maximum absolute atomic E-state index is 11.7. The number of hydrogen-bond donors (Lipinski definition) is 0. The van der Waals surface area contributed by atoms with E-state index in [4.69, 9.17) is 0 Å². The maximum atomic E-state index is 11.7. The smallest absolute Gasteiger partial charge is 0.268 e. The van der Waals surface area contributed by atoms with E-state index in [1.165, 1.54) is 23.2 Å². The van der Waals surface area contributed by atoms with Crippen molar-refractivity contribution < 1.29 is 4.79 Å². The van der Waals surface area contributed by atoms with Crippen LogP contribution in [0.5, 0.6) is 0 Å². The van der Waals surface area contributed by atoms with Gasteiger partial charge in [-0.2, -0.15) is 0 Å². The highest BCUT2D eigenvalue weighted by atomic mass is 16.2. The lowest BCUT2D eigenvalue weighted by molar-refractivity contribution is 0.0952. The van der Waals surface area contributed by atoms with Gasteiger partial charge in [0.05, 0.1) is 6.20 Å². The summed E-state index contributed by atoms with van der Waals surface area (Å²) in [5.41, 5.74) is 0.314. The Bertz CT molecular complexity index is 449. The van der Waals surface area contributed by atoms with Gasteiger partial charge < -0.3 is 0 Å². The van der Waals surface area contributed by atoms with Crippen molar-refractivity contribution in [2.45, 2.75) is 6.92 Å². The van der Waals surface area contributed by atoms with Gasteiger partial charge in [0.2, 0.25) is 0 Å². The third kappa shape index (κ3) is 1.39. The first kappa shape index (κ1) is 8.55. The van der Waals surface area contributed by atoms with Crippen molar-refractivity contribution in [3.8, 4) is 0 Å². The predicted molar refractivity (Wildman–Crippen MR) is 48.7 cm³/mol. The van der Waals surface area contributed by atoms with E-state index >= 15 is 0 Å². The molecule has 0 radical (unpaired) electrons. The fourth-order valence-corrected chi connectivity index (χ4v) is 1.13. The molecule has 0 aromatic carbocycles. The van der Waals surface area contributed by atoms with Crippen LogP contribution in [0.2, 0.25) is 0 Å². The van der Waals surface area contributed by atoms with Crippen molar-refractivity contribution in [3.05, 3.63) is 42.5 Å². The van der Waals surface area contributed by atoms with Gasteiger partial charge in [0, 0.05) is 24.8 Å². The standard InChI is InChI=1S/C9H8N4O/c1-7-11-4-5-13(7)9(14)8-6-10-2-3-12-8/h2-6H,1H3. The average molecular weight is 188 g/mol. The minimum absolute atomic E-state index is 0.215. The van der Waals surface area contributed by atoms with E-state index in [9.17, 15) is 4.79 Å². The number of hydrogen-bond acceptors (Lipinski definition) is 4. The van der Waals surface area contributed by atoms with Crippen LogP contribution in [0, 0.1) is 6.92 Å². The molecule has 70 valence electrons. The molecule has 0 aliphatic carbocycles. The Labute approximate surface area is 80.5 Å².